The molecule has 1 heterocycles. The van der Waals surface area contributed by atoms with Crippen LogP contribution in [0.2, 0.25) is 0 Å². The normalized spacial score (nSPS) is 11.7. The van der Waals surface area contributed by atoms with Gasteiger partial charge in [0.1, 0.15) is 12.4 Å². The number of carbonyl (C=O) groups excluding carboxylic acids is 1. The zero-order valence-electron chi connectivity index (χ0n) is 18.6. The number of nitrogens with one attached hydrogen (secondary N) is 1. The summed E-state index contributed by atoms with van der Waals surface area (Å²) < 4.78 is 7.97. The SMILES string of the molecule is Cc1ccccc1OCc1nnc(SC(C)C(=O)NCc2ccccc2)n1-c1ccccc1. The molecule has 1 N–H and O–H groups in total. The van der Waals surface area contributed by atoms with Crippen LogP contribution < -0.4 is 10.1 Å². The zero-order valence-corrected chi connectivity index (χ0v) is 19.5. The van der Waals surface area contributed by atoms with Crippen LogP contribution in [0, 0.1) is 6.92 Å². The summed E-state index contributed by atoms with van der Waals surface area (Å²) in [6.45, 7) is 4.64. The first-order valence-corrected chi connectivity index (χ1v) is 11.7. The third kappa shape index (κ3) is 5.81. The van der Waals surface area contributed by atoms with Crippen LogP contribution in [-0.2, 0) is 17.9 Å². The molecule has 0 radical (unpaired) electrons. The molecule has 0 bridgehead atoms. The maximum atomic E-state index is 12.7. The summed E-state index contributed by atoms with van der Waals surface area (Å²) in [5.74, 6) is 1.43. The number of nitrogens with zero attached hydrogens (tertiary/aromatic N) is 3. The fourth-order valence-corrected chi connectivity index (χ4v) is 4.22. The highest BCUT2D eigenvalue weighted by molar-refractivity contribution is 8.00. The lowest BCUT2D eigenvalue weighted by atomic mass is 10.2. The molecule has 0 spiro atoms. The van der Waals surface area contributed by atoms with E-state index in [9.17, 15) is 4.79 Å². The topological polar surface area (TPSA) is 69.0 Å². The first-order valence-electron chi connectivity index (χ1n) is 10.8. The van der Waals surface area contributed by atoms with Crippen LogP contribution in [0.1, 0.15) is 23.9 Å². The van der Waals surface area contributed by atoms with Crippen LogP contribution in [0.15, 0.2) is 90.1 Å². The van der Waals surface area contributed by atoms with Gasteiger partial charge in [0.2, 0.25) is 5.91 Å². The van der Waals surface area contributed by atoms with Crippen LogP contribution in [0.3, 0.4) is 0 Å². The summed E-state index contributed by atoms with van der Waals surface area (Å²) in [5, 5.41) is 12.1. The lowest BCUT2D eigenvalue weighted by Crippen LogP contribution is -2.30. The third-order valence-electron chi connectivity index (χ3n) is 5.13. The number of rotatable bonds is 9. The smallest absolute Gasteiger partial charge is 0.233 e. The van der Waals surface area contributed by atoms with Gasteiger partial charge in [-0.3, -0.25) is 9.36 Å². The molecular weight excluding hydrogens is 432 g/mol. The maximum Gasteiger partial charge on any atom is 0.233 e. The first-order chi connectivity index (χ1) is 16.1. The van der Waals surface area contributed by atoms with E-state index in [4.69, 9.17) is 4.74 Å². The Bertz CT molecular complexity index is 1200. The van der Waals surface area contributed by atoms with Crippen LogP contribution in [-0.4, -0.2) is 25.9 Å². The molecule has 0 aliphatic rings. The molecule has 1 unspecified atom stereocenters. The van der Waals surface area contributed by atoms with E-state index in [1.54, 1.807) is 0 Å². The summed E-state index contributed by atoms with van der Waals surface area (Å²) in [6.07, 6.45) is 0. The lowest BCUT2D eigenvalue weighted by molar-refractivity contribution is -0.120. The van der Waals surface area contributed by atoms with E-state index in [0.717, 1.165) is 22.6 Å². The number of hydrogen-bond donors (Lipinski definition) is 1. The zero-order chi connectivity index (χ0) is 23.0. The fraction of sp³-hybridized carbons (Fsp3) is 0.192. The molecule has 6 nitrogen and oxygen atoms in total. The van der Waals surface area contributed by atoms with Gasteiger partial charge in [0.05, 0.1) is 5.25 Å². The summed E-state index contributed by atoms with van der Waals surface area (Å²) in [4.78, 5) is 12.7. The van der Waals surface area contributed by atoms with Crippen LogP contribution in [0.25, 0.3) is 5.69 Å². The van der Waals surface area contributed by atoms with Crippen molar-refractivity contribution in [1.82, 2.24) is 20.1 Å². The van der Waals surface area contributed by atoms with E-state index in [2.05, 4.69) is 15.5 Å². The van der Waals surface area contributed by atoms with Crippen molar-refractivity contribution in [2.75, 3.05) is 0 Å². The molecule has 0 aliphatic heterocycles. The molecule has 168 valence electrons. The van der Waals surface area contributed by atoms with Crippen molar-refractivity contribution in [3.05, 3.63) is 102 Å². The molecule has 33 heavy (non-hydrogen) atoms. The Morgan fingerprint density at radius 2 is 1.64 bits per heavy atom. The van der Waals surface area contributed by atoms with Crippen molar-refractivity contribution in [3.63, 3.8) is 0 Å². The van der Waals surface area contributed by atoms with Gasteiger partial charge in [0, 0.05) is 12.2 Å². The molecule has 0 saturated carbocycles. The molecule has 1 amide bonds. The number of amides is 1. The number of hydrogen-bond acceptors (Lipinski definition) is 5. The Kier molecular flexibility index (Phi) is 7.42. The van der Waals surface area contributed by atoms with Crippen LogP contribution in [0.4, 0.5) is 0 Å². The summed E-state index contributed by atoms with van der Waals surface area (Å²) in [7, 11) is 0. The molecule has 4 rings (SSSR count). The Morgan fingerprint density at radius 1 is 0.970 bits per heavy atom. The third-order valence-corrected chi connectivity index (χ3v) is 6.17. The highest BCUT2D eigenvalue weighted by Crippen LogP contribution is 2.27. The highest BCUT2D eigenvalue weighted by atomic mass is 32.2. The number of aromatic nitrogens is 3. The van der Waals surface area contributed by atoms with Gasteiger partial charge >= 0.3 is 0 Å². The molecule has 1 atom stereocenters. The Labute approximate surface area is 198 Å². The Hall–Kier alpha value is -3.58. The minimum Gasteiger partial charge on any atom is -0.485 e. The van der Waals surface area contributed by atoms with Crippen molar-refractivity contribution >= 4 is 17.7 Å². The number of para-hydroxylation sites is 2. The molecule has 7 heteroatoms. The maximum absolute atomic E-state index is 12.7. The molecular formula is C26H26N4O2S. The van der Waals surface area contributed by atoms with Crippen molar-refractivity contribution in [3.8, 4) is 11.4 Å². The van der Waals surface area contributed by atoms with Gasteiger partial charge in [-0.05, 0) is 43.2 Å². The molecule has 0 aliphatic carbocycles. The minimum absolute atomic E-state index is 0.0517. The first kappa shape index (κ1) is 22.6. The van der Waals surface area contributed by atoms with Gasteiger partial charge in [-0.1, -0.05) is 78.5 Å². The Balaban J connectivity index is 1.50. The largest absolute Gasteiger partial charge is 0.485 e. The predicted molar refractivity (Wildman–Crippen MR) is 130 cm³/mol. The monoisotopic (exact) mass is 458 g/mol. The summed E-state index contributed by atoms with van der Waals surface area (Å²) in [6, 6.07) is 27.6. The van der Waals surface area contributed by atoms with Gasteiger partial charge < -0.3 is 10.1 Å². The van der Waals surface area contributed by atoms with E-state index in [1.165, 1.54) is 11.8 Å². The number of carbonyl (C=O) groups is 1. The van der Waals surface area contributed by atoms with E-state index in [0.29, 0.717) is 17.5 Å². The lowest BCUT2D eigenvalue weighted by Gasteiger charge is -2.14. The van der Waals surface area contributed by atoms with Gasteiger partial charge in [-0.2, -0.15) is 0 Å². The van der Waals surface area contributed by atoms with Crippen LogP contribution >= 0.6 is 11.8 Å². The van der Waals surface area contributed by atoms with Gasteiger partial charge in [0.25, 0.3) is 0 Å². The van der Waals surface area contributed by atoms with E-state index in [1.807, 2.05) is 103 Å². The molecule has 0 fully saturated rings. The molecule has 0 saturated heterocycles. The van der Waals surface area contributed by atoms with Gasteiger partial charge in [-0.15, -0.1) is 10.2 Å². The summed E-state index contributed by atoms with van der Waals surface area (Å²) in [5.41, 5.74) is 3.04. The van der Waals surface area contributed by atoms with Crippen molar-refractivity contribution in [2.24, 2.45) is 0 Å². The van der Waals surface area contributed by atoms with E-state index < -0.39 is 0 Å². The minimum atomic E-state index is -0.342. The second-order valence-corrected chi connectivity index (χ2v) is 8.90. The second kappa shape index (κ2) is 10.8. The Morgan fingerprint density at radius 3 is 2.36 bits per heavy atom. The molecule has 3 aromatic carbocycles. The van der Waals surface area contributed by atoms with Crippen molar-refractivity contribution in [2.45, 2.75) is 37.4 Å². The fourth-order valence-electron chi connectivity index (χ4n) is 3.31. The second-order valence-electron chi connectivity index (χ2n) is 7.59. The van der Waals surface area contributed by atoms with Gasteiger partial charge in [-0.25, -0.2) is 0 Å². The predicted octanol–water partition coefficient (Wildman–Crippen LogP) is 4.95. The number of ether oxygens (including phenoxy) is 1. The number of thioether (sulfide) groups is 1. The quantitative estimate of drug-likeness (QED) is 0.359. The van der Waals surface area contributed by atoms with Crippen molar-refractivity contribution < 1.29 is 9.53 Å². The number of aryl methyl sites for hydroxylation is 1. The molecule has 4 aromatic rings. The summed E-state index contributed by atoms with van der Waals surface area (Å²) >= 11 is 1.38. The van der Waals surface area contributed by atoms with E-state index in [-0.39, 0.29) is 17.8 Å². The standard InChI is InChI=1S/C26H26N4O2S/c1-19-11-9-10-16-23(19)32-18-24-28-29-26(30(24)22-14-7-4-8-15-22)33-20(2)25(31)27-17-21-12-5-3-6-13-21/h3-16,20H,17-18H2,1-2H3,(H,27,31). The number of benzene rings is 3. The van der Waals surface area contributed by atoms with Crippen molar-refractivity contribution in [1.29, 1.82) is 0 Å². The van der Waals surface area contributed by atoms with E-state index >= 15 is 0 Å². The van der Waals surface area contributed by atoms with Crippen LogP contribution in [0.5, 0.6) is 5.75 Å². The highest BCUT2D eigenvalue weighted by Gasteiger charge is 2.21. The van der Waals surface area contributed by atoms with Gasteiger partial charge in [0.15, 0.2) is 11.0 Å². The average Bonchev–Trinajstić information content (AvgIpc) is 3.25. The average molecular weight is 459 g/mol. The molecule has 1 aromatic heterocycles.